The number of nitrogens with zero attached hydrogens (tertiary/aromatic N) is 1. The minimum atomic E-state index is -0.466. The van der Waals surface area contributed by atoms with Gasteiger partial charge in [0.1, 0.15) is 18.1 Å². The van der Waals surface area contributed by atoms with Crippen LogP contribution in [0.1, 0.15) is 32.6 Å². The molecule has 30 heavy (non-hydrogen) atoms. The Morgan fingerprint density at radius 2 is 1.77 bits per heavy atom. The van der Waals surface area contributed by atoms with E-state index >= 15 is 0 Å². The molecule has 0 aromatic heterocycles. The lowest BCUT2D eigenvalue weighted by Crippen LogP contribution is -2.00. The maximum Gasteiger partial charge on any atom is 0.269 e. The van der Waals surface area contributed by atoms with Gasteiger partial charge in [-0.15, -0.1) is 0 Å². The SMILES string of the molecule is Cc1ccccc1COc1cc(C)c2c(c1)O/C(=C\c1ccc([N+](=O)[O-])cc1)C2=O. The van der Waals surface area contributed by atoms with Gasteiger partial charge in [0.15, 0.2) is 5.76 Å². The van der Waals surface area contributed by atoms with Gasteiger partial charge in [0, 0.05) is 18.2 Å². The lowest BCUT2D eigenvalue weighted by Gasteiger charge is -2.10. The normalized spacial score (nSPS) is 13.8. The second-order valence-corrected chi connectivity index (χ2v) is 7.12. The first-order valence-electron chi connectivity index (χ1n) is 9.43. The van der Waals surface area contributed by atoms with E-state index in [1.165, 1.54) is 12.1 Å². The van der Waals surface area contributed by atoms with Gasteiger partial charge in [-0.25, -0.2) is 0 Å². The van der Waals surface area contributed by atoms with E-state index in [9.17, 15) is 14.9 Å². The fourth-order valence-corrected chi connectivity index (χ4v) is 3.34. The number of hydrogen-bond donors (Lipinski definition) is 0. The molecule has 0 unspecified atom stereocenters. The number of rotatable bonds is 5. The zero-order chi connectivity index (χ0) is 21.3. The first kappa shape index (κ1) is 19.4. The van der Waals surface area contributed by atoms with Crippen molar-refractivity contribution in [3.8, 4) is 11.5 Å². The lowest BCUT2D eigenvalue weighted by molar-refractivity contribution is -0.384. The van der Waals surface area contributed by atoms with Crippen molar-refractivity contribution in [3.63, 3.8) is 0 Å². The van der Waals surface area contributed by atoms with E-state index in [1.807, 2.05) is 44.2 Å². The van der Waals surface area contributed by atoms with Crippen molar-refractivity contribution < 1.29 is 19.2 Å². The molecule has 0 amide bonds. The zero-order valence-corrected chi connectivity index (χ0v) is 16.5. The Morgan fingerprint density at radius 3 is 2.47 bits per heavy atom. The number of ether oxygens (including phenoxy) is 2. The highest BCUT2D eigenvalue weighted by atomic mass is 16.6. The minimum Gasteiger partial charge on any atom is -0.489 e. The highest BCUT2D eigenvalue weighted by molar-refractivity contribution is 6.15. The number of Topliss-reactive ketones (excluding diaryl/α,β-unsaturated/α-hetero) is 1. The Hall–Kier alpha value is -3.93. The summed E-state index contributed by atoms with van der Waals surface area (Å²) < 4.78 is 11.7. The Labute approximate surface area is 173 Å². The van der Waals surface area contributed by atoms with Gasteiger partial charge in [0.05, 0.1) is 10.5 Å². The Bertz CT molecular complexity index is 1180. The molecule has 6 nitrogen and oxygen atoms in total. The number of aryl methyl sites for hydroxylation is 2. The smallest absolute Gasteiger partial charge is 0.269 e. The summed E-state index contributed by atoms with van der Waals surface area (Å²) in [5, 5.41) is 10.8. The molecule has 0 saturated carbocycles. The zero-order valence-electron chi connectivity index (χ0n) is 16.5. The van der Waals surface area contributed by atoms with Crippen LogP contribution < -0.4 is 9.47 Å². The predicted molar refractivity (Wildman–Crippen MR) is 113 cm³/mol. The molecule has 3 aromatic rings. The fraction of sp³-hybridized carbons (Fsp3) is 0.125. The van der Waals surface area contributed by atoms with Gasteiger partial charge in [-0.05, 0) is 60.4 Å². The molecular weight excluding hydrogens is 382 g/mol. The number of non-ortho nitro benzene ring substituents is 1. The van der Waals surface area contributed by atoms with Gasteiger partial charge in [0.2, 0.25) is 5.78 Å². The van der Waals surface area contributed by atoms with Gasteiger partial charge < -0.3 is 9.47 Å². The van der Waals surface area contributed by atoms with Crippen molar-refractivity contribution in [2.45, 2.75) is 20.5 Å². The molecule has 3 aromatic carbocycles. The lowest BCUT2D eigenvalue weighted by atomic mass is 10.0. The van der Waals surface area contributed by atoms with Crippen LogP contribution in [-0.4, -0.2) is 10.7 Å². The summed E-state index contributed by atoms with van der Waals surface area (Å²) in [5.41, 5.74) is 4.15. The molecule has 150 valence electrons. The monoisotopic (exact) mass is 401 g/mol. The largest absolute Gasteiger partial charge is 0.489 e. The first-order valence-corrected chi connectivity index (χ1v) is 9.43. The van der Waals surface area contributed by atoms with Crippen LogP contribution in [0.5, 0.6) is 11.5 Å². The number of nitro benzene ring substituents is 1. The molecule has 0 atom stereocenters. The van der Waals surface area contributed by atoms with Crippen LogP contribution >= 0.6 is 0 Å². The summed E-state index contributed by atoms with van der Waals surface area (Å²) in [6, 6.07) is 17.5. The number of nitro groups is 1. The maximum atomic E-state index is 12.8. The van der Waals surface area contributed by atoms with E-state index in [1.54, 1.807) is 24.3 Å². The number of carbonyl (C=O) groups excluding carboxylic acids is 1. The van der Waals surface area contributed by atoms with Gasteiger partial charge in [0.25, 0.3) is 5.69 Å². The third-order valence-corrected chi connectivity index (χ3v) is 5.00. The number of carbonyl (C=O) groups is 1. The predicted octanol–water partition coefficient (Wildman–Crippen LogP) is 5.41. The standard InChI is InChI=1S/C24H19NO5/c1-15-5-3-4-6-18(15)14-29-20-11-16(2)23-21(13-20)30-22(24(23)26)12-17-7-9-19(10-8-17)25(27)28/h3-13H,14H2,1-2H3/b22-12-. The van der Waals surface area contributed by atoms with Crippen LogP contribution in [0.4, 0.5) is 5.69 Å². The number of benzene rings is 3. The van der Waals surface area contributed by atoms with E-state index in [0.29, 0.717) is 29.2 Å². The summed E-state index contributed by atoms with van der Waals surface area (Å²) in [5.74, 6) is 1.04. The first-order chi connectivity index (χ1) is 14.4. The maximum absolute atomic E-state index is 12.8. The van der Waals surface area contributed by atoms with Crippen molar-refractivity contribution in [1.29, 1.82) is 0 Å². The average Bonchev–Trinajstić information content (AvgIpc) is 3.03. The van der Waals surface area contributed by atoms with Crippen molar-refractivity contribution >= 4 is 17.5 Å². The van der Waals surface area contributed by atoms with Crippen LogP contribution in [0, 0.1) is 24.0 Å². The summed E-state index contributed by atoms with van der Waals surface area (Å²) in [6.45, 7) is 4.30. The highest BCUT2D eigenvalue weighted by Gasteiger charge is 2.30. The second kappa shape index (κ2) is 7.83. The summed E-state index contributed by atoms with van der Waals surface area (Å²) in [7, 11) is 0. The molecule has 0 bridgehead atoms. The molecule has 1 aliphatic heterocycles. The molecule has 0 saturated heterocycles. The van der Waals surface area contributed by atoms with Crippen LogP contribution in [0.3, 0.4) is 0 Å². The van der Waals surface area contributed by atoms with Crippen molar-refractivity contribution in [2.24, 2.45) is 0 Å². The van der Waals surface area contributed by atoms with Crippen LogP contribution in [0.2, 0.25) is 0 Å². The minimum absolute atomic E-state index is 0.00890. The van der Waals surface area contributed by atoms with Crippen LogP contribution in [0.25, 0.3) is 6.08 Å². The summed E-state index contributed by atoms with van der Waals surface area (Å²) in [6.07, 6.45) is 1.58. The number of hydrogen-bond acceptors (Lipinski definition) is 5. The van der Waals surface area contributed by atoms with Crippen molar-refractivity contribution in [1.82, 2.24) is 0 Å². The van der Waals surface area contributed by atoms with Crippen molar-refractivity contribution in [2.75, 3.05) is 0 Å². The molecule has 4 rings (SSSR count). The Kier molecular flexibility index (Phi) is 5.06. The van der Waals surface area contributed by atoms with Gasteiger partial charge in [-0.2, -0.15) is 0 Å². The van der Waals surface area contributed by atoms with E-state index in [2.05, 4.69) is 0 Å². The number of ketones is 1. The van der Waals surface area contributed by atoms with E-state index < -0.39 is 4.92 Å². The molecule has 1 aliphatic rings. The van der Waals surface area contributed by atoms with Crippen molar-refractivity contribution in [3.05, 3.63) is 104 Å². The fourth-order valence-electron chi connectivity index (χ4n) is 3.34. The molecule has 0 aliphatic carbocycles. The third kappa shape index (κ3) is 3.80. The van der Waals surface area contributed by atoms with Crippen LogP contribution in [0.15, 0.2) is 66.4 Å². The molecule has 0 spiro atoms. The molecular formula is C24H19NO5. The molecule has 0 N–H and O–H groups in total. The average molecular weight is 401 g/mol. The molecule has 1 heterocycles. The number of fused-ring (bicyclic) bond motifs is 1. The topological polar surface area (TPSA) is 78.7 Å². The molecule has 6 heteroatoms. The second-order valence-electron chi connectivity index (χ2n) is 7.12. The quantitative estimate of drug-likeness (QED) is 0.325. The van der Waals surface area contributed by atoms with E-state index in [4.69, 9.17) is 9.47 Å². The Morgan fingerprint density at radius 1 is 1.03 bits per heavy atom. The number of allylic oxidation sites excluding steroid dienone is 1. The third-order valence-electron chi connectivity index (χ3n) is 5.00. The summed E-state index contributed by atoms with van der Waals surface area (Å²) in [4.78, 5) is 23.1. The van der Waals surface area contributed by atoms with Crippen LogP contribution in [-0.2, 0) is 6.61 Å². The Balaban J connectivity index is 1.56. The van der Waals surface area contributed by atoms with E-state index in [0.717, 1.165) is 16.7 Å². The molecule has 0 fully saturated rings. The van der Waals surface area contributed by atoms with E-state index in [-0.39, 0.29) is 17.2 Å². The molecule has 0 radical (unpaired) electrons. The van der Waals surface area contributed by atoms with Gasteiger partial charge in [-0.1, -0.05) is 24.3 Å². The van der Waals surface area contributed by atoms with Gasteiger partial charge >= 0.3 is 0 Å². The highest BCUT2D eigenvalue weighted by Crippen LogP contribution is 2.37. The van der Waals surface area contributed by atoms with Gasteiger partial charge in [-0.3, -0.25) is 14.9 Å². The summed E-state index contributed by atoms with van der Waals surface area (Å²) >= 11 is 0.